The van der Waals surface area contributed by atoms with Crippen molar-refractivity contribution in [1.82, 2.24) is 0 Å². The highest BCUT2D eigenvalue weighted by Gasteiger charge is 2.51. The van der Waals surface area contributed by atoms with E-state index in [0.717, 1.165) is 0 Å². The maximum Gasteiger partial charge on any atom is 0.325 e. The molecular formula is C11H26N2O4. The summed E-state index contributed by atoms with van der Waals surface area (Å²) in [5.74, 6) is -1.94. The number of rotatable bonds is 10. The van der Waals surface area contributed by atoms with Gasteiger partial charge in [0.05, 0.1) is 0 Å². The van der Waals surface area contributed by atoms with Crippen molar-refractivity contribution in [2.45, 2.75) is 45.3 Å². The second-order valence-electron chi connectivity index (χ2n) is 3.66. The van der Waals surface area contributed by atoms with Crippen LogP contribution in [0.25, 0.3) is 0 Å². The minimum Gasteiger partial charge on any atom is -0.353 e. The van der Waals surface area contributed by atoms with Crippen molar-refractivity contribution in [3.05, 3.63) is 0 Å². The molecule has 0 amide bonds. The summed E-state index contributed by atoms with van der Waals surface area (Å²) in [6.45, 7) is 6.64. The molecule has 0 heterocycles. The van der Waals surface area contributed by atoms with Gasteiger partial charge in [-0.3, -0.25) is 5.73 Å². The predicted molar refractivity (Wildman–Crippen MR) is 65.0 cm³/mol. The molecule has 0 fully saturated rings. The Labute approximate surface area is 103 Å². The molecule has 0 aromatic heterocycles. The van der Waals surface area contributed by atoms with Gasteiger partial charge in [0.1, 0.15) is 0 Å². The van der Waals surface area contributed by atoms with E-state index in [4.69, 9.17) is 25.7 Å². The molecular weight excluding hydrogens is 224 g/mol. The molecule has 1 atom stereocenters. The van der Waals surface area contributed by atoms with Gasteiger partial charge in [-0.1, -0.05) is 0 Å². The first kappa shape index (κ1) is 16.8. The number of nitrogens with two attached hydrogens (primary N) is 2. The monoisotopic (exact) mass is 250 g/mol. The zero-order chi connectivity index (χ0) is 13.4. The van der Waals surface area contributed by atoms with Crippen LogP contribution in [-0.4, -0.2) is 43.2 Å². The van der Waals surface area contributed by atoms with Crippen molar-refractivity contribution in [2.75, 3.05) is 26.4 Å². The fourth-order valence-electron chi connectivity index (χ4n) is 1.62. The second-order valence-corrected chi connectivity index (χ2v) is 3.66. The van der Waals surface area contributed by atoms with Gasteiger partial charge in [-0.25, -0.2) is 0 Å². The fraction of sp³-hybridized carbons (Fsp3) is 1.00. The van der Waals surface area contributed by atoms with Gasteiger partial charge in [0.2, 0.25) is 0 Å². The zero-order valence-corrected chi connectivity index (χ0v) is 11.1. The Balaban J connectivity index is 4.90. The van der Waals surface area contributed by atoms with Crippen molar-refractivity contribution in [3.63, 3.8) is 0 Å². The lowest BCUT2D eigenvalue weighted by atomic mass is 10.1. The molecule has 0 aliphatic carbocycles. The Kier molecular flexibility index (Phi) is 7.85. The van der Waals surface area contributed by atoms with E-state index < -0.39 is 11.7 Å². The van der Waals surface area contributed by atoms with Crippen LogP contribution in [0.4, 0.5) is 0 Å². The lowest BCUT2D eigenvalue weighted by Crippen LogP contribution is -2.65. The molecule has 0 radical (unpaired) electrons. The molecule has 0 saturated carbocycles. The highest BCUT2D eigenvalue weighted by atomic mass is 16.8. The smallest absolute Gasteiger partial charge is 0.325 e. The average Bonchev–Trinajstić information content (AvgIpc) is 2.27. The van der Waals surface area contributed by atoms with Crippen LogP contribution in [-0.2, 0) is 14.2 Å². The third kappa shape index (κ3) is 4.50. The van der Waals surface area contributed by atoms with Crippen LogP contribution in [0, 0.1) is 0 Å². The highest BCUT2D eigenvalue weighted by Crippen LogP contribution is 2.29. The topological polar surface area (TPSA) is 100.0 Å². The van der Waals surface area contributed by atoms with Gasteiger partial charge in [-0.05, 0) is 40.2 Å². The molecule has 0 aliphatic heterocycles. The van der Waals surface area contributed by atoms with E-state index >= 15 is 0 Å². The van der Waals surface area contributed by atoms with Crippen LogP contribution in [0.1, 0.15) is 33.6 Å². The van der Waals surface area contributed by atoms with E-state index in [9.17, 15) is 5.11 Å². The first-order valence-corrected chi connectivity index (χ1v) is 6.12. The Bertz CT molecular complexity index is 198. The van der Waals surface area contributed by atoms with E-state index in [2.05, 4.69) is 0 Å². The maximum atomic E-state index is 10.4. The van der Waals surface area contributed by atoms with Crippen LogP contribution in [0.3, 0.4) is 0 Å². The van der Waals surface area contributed by atoms with E-state index in [1.807, 2.05) is 0 Å². The molecule has 0 saturated heterocycles. The minimum absolute atomic E-state index is 0.269. The van der Waals surface area contributed by atoms with E-state index in [-0.39, 0.29) is 13.2 Å². The standard InChI is InChI=1S/C11H26N2O4/c1-4-15-10(13,8-7-9-12)11(14,16-5-2)17-6-3/h14H,4-9,12-13H2,1-3H3. The SMILES string of the molecule is CCOC(N)(CCCN)C(O)(OCC)OCC. The number of aliphatic hydroxyl groups is 1. The van der Waals surface area contributed by atoms with Gasteiger partial charge in [0.15, 0.2) is 5.72 Å². The van der Waals surface area contributed by atoms with Gasteiger partial charge in [-0.15, -0.1) is 0 Å². The van der Waals surface area contributed by atoms with Gasteiger partial charge in [-0.2, -0.15) is 0 Å². The molecule has 6 heteroatoms. The van der Waals surface area contributed by atoms with Crippen LogP contribution in [0.2, 0.25) is 0 Å². The number of hydrogen-bond donors (Lipinski definition) is 3. The van der Waals surface area contributed by atoms with Crippen molar-refractivity contribution < 1.29 is 19.3 Å². The molecule has 5 N–H and O–H groups in total. The Morgan fingerprint density at radius 2 is 1.47 bits per heavy atom. The average molecular weight is 250 g/mol. The fourth-order valence-corrected chi connectivity index (χ4v) is 1.62. The van der Waals surface area contributed by atoms with Gasteiger partial charge in [0, 0.05) is 19.8 Å². The molecule has 17 heavy (non-hydrogen) atoms. The summed E-state index contributed by atoms with van der Waals surface area (Å²) in [5, 5.41) is 10.4. The van der Waals surface area contributed by atoms with Crippen LogP contribution < -0.4 is 11.5 Å². The molecule has 104 valence electrons. The molecule has 0 bridgehead atoms. The van der Waals surface area contributed by atoms with Crippen molar-refractivity contribution in [1.29, 1.82) is 0 Å². The Morgan fingerprint density at radius 3 is 1.82 bits per heavy atom. The quantitative estimate of drug-likeness (QED) is 0.477. The molecule has 0 aromatic rings. The molecule has 6 nitrogen and oxygen atoms in total. The lowest BCUT2D eigenvalue weighted by Gasteiger charge is -2.42. The largest absolute Gasteiger partial charge is 0.353 e. The minimum atomic E-state index is -1.94. The summed E-state index contributed by atoms with van der Waals surface area (Å²) in [7, 11) is 0. The van der Waals surface area contributed by atoms with Crippen molar-refractivity contribution >= 4 is 0 Å². The molecule has 0 aromatic carbocycles. The van der Waals surface area contributed by atoms with Crippen molar-refractivity contribution in [3.8, 4) is 0 Å². The van der Waals surface area contributed by atoms with Gasteiger partial charge in [0.25, 0.3) is 0 Å². The zero-order valence-electron chi connectivity index (χ0n) is 11.1. The van der Waals surface area contributed by atoms with Crippen LogP contribution >= 0.6 is 0 Å². The molecule has 0 spiro atoms. The Morgan fingerprint density at radius 1 is 1.00 bits per heavy atom. The maximum absolute atomic E-state index is 10.4. The first-order chi connectivity index (χ1) is 7.99. The molecule has 0 aliphatic rings. The summed E-state index contributed by atoms with van der Waals surface area (Å²) >= 11 is 0. The summed E-state index contributed by atoms with van der Waals surface area (Å²) in [5.41, 5.74) is 10.1. The van der Waals surface area contributed by atoms with Gasteiger partial charge >= 0.3 is 5.97 Å². The summed E-state index contributed by atoms with van der Waals surface area (Å²) in [6, 6.07) is 0. The van der Waals surface area contributed by atoms with Crippen LogP contribution in [0.15, 0.2) is 0 Å². The summed E-state index contributed by atoms with van der Waals surface area (Å²) in [6.07, 6.45) is 0.965. The third-order valence-electron chi connectivity index (χ3n) is 2.37. The van der Waals surface area contributed by atoms with Gasteiger partial charge < -0.3 is 25.1 Å². The Hall–Kier alpha value is -0.240. The predicted octanol–water partition coefficient (Wildman–Crippen LogP) is 0.136. The number of ether oxygens (including phenoxy) is 3. The van der Waals surface area contributed by atoms with Crippen molar-refractivity contribution in [2.24, 2.45) is 11.5 Å². The highest BCUT2D eigenvalue weighted by molar-refractivity contribution is 4.84. The second kappa shape index (κ2) is 7.97. The summed E-state index contributed by atoms with van der Waals surface area (Å²) < 4.78 is 15.9. The van der Waals surface area contributed by atoms with Crippen LogP contribution in [0.5, 0.6) is 0 Å². The third-order valence-corrected chi connectivity index (χ3v) is 2.37. The van der Waals surface area contributed by atoms with E-state index in [1.165, 1.54) is 0 Å². The first-order valence-electron chi connectivity index (χ1n) is 6.12. The van der Waals surface area contributed by atoms with E-state index in [0.29, 0.717) is 26.0 Å². The lowest BCUT2D eigenvalue weighted by molar-refractivity contribution is -0.430. The summed E-state index contributed by atoms with van der Waals surface area (Å²) in [4.78, 5) is 0. The normalized spacial score (nSPS) is 15.9. The molecule has 1 unspecified atom stereocenters. The van der Waals surface area contributed by atoms with E-state index in [1.54, 1.807) is 20.8 Å². The molecule has 0 rings (SSSR count). The number of hydrogen-bond acceptors (Lipinski definition) is 6.